The van der Waals surface area contributed by atoms with E-state index in [0.717, 1.165) is 12.1 Å². The topological polar surface area (TPSA) is 97.7 Å². The van der Waals surface area contributed by atoms with Crippen LogP contribution in [0.3, 0.4) is 0 Å². The highest BCUT2D eigenvalue weighted by molar-refractivity contribution is 7.91. The fourth-order valence-corrected chi connectivity index (χ4v) is 4.86. The number of nitrogens with zero attached hydrogens (tertiary/aromatic N) is 2. The standard InChI is InChI=1S/C15H16F3N3O4S/c1-21(11-7-26(23,24)8-12(11)22)6-13-19-14(20-25-13)9-2-4-10(5-3-9)15(16,17)18/h2-5,11-12,22H,6-8H2,1H3/p+1/t11-,12-/m0/s1. The number of alkyl halides is 3. The van der Waals surface area contributed by atoms with Crippen molar-refractivity contribution < 1.29 is 36.1 Å². The number of sulfone groups is 1. The van der Waals surface area contributed by atoms with Gasteiger partial charge in [0.2, 0.25) is 5.82 Å². The first-order valence-corrected chi connectivity index (χ1v) is 9.58. The van der Waals surface area contributed by atoms with Crippen molar-refractivity contribution in [1.29, 1.82) is 0 Å². The first-order valence-electron chi connectivity index (χ1n) is 7.76. The molecule has 142 valence electrons. The first kappa shape index (κ1) is 18.8. The van der Waals surface area contributed by atoms with Gasteiger partial charge in [-0.25, -0.2) is 8.42 Å². The Bertz CT molecular complexity index is 880. The monoisotopic (exact) mass is 392 g/mol. The lowest BCUT2D eigenvalue weighted by Crippen LogP contribution is -3.13. The van der Waals surface area contributed by atoms with E-state index >= 15 is 0 Å². The van der Waals surface area contributed by atoms with Crippen molar-refractivity contribution in [3.63, 3.8) is 0 Å². The highest BCUT2D eigenvalue weighted by atomic mass is 32.2. The summed E-state index contributed by atoms with van der Waals surface area (Å²) in [6, 6.07) is 3.87. The van der Waals surface area contributed by atoms with Crippen molar-refractivity contribution in [3.8, 4) is 11.4 Å². The van der Waals surface area contributed by atoms with Crippen molar-refractivity contribution in [2.45, 2.75) is 24.9 Å². The number of aliphatic hydroxyl groups is 1. The third-order valence-corrected chi connectivity index (χ3v) is 6.04. The Morgan fingerprint density at radius 1 is 1.27 bits per heavy atom. The Morgan fingerprint density at radius 2 is 1.92 bits per heavy atom. The van der Waals surface area contributed by atoms with Gasteiger partial charge in [-0.1, -0.05) is 17.3 Å². The minimum atomic E-state index is -4.42. The molecule has 7 nitrogen and oxygen atoms in total. The molecule has 26 heavy (non-hydrogen) atoms. The van der Waals surface area contributed by atoms with Crippen molar-refractivity contribution in [3.05, 3.63) is 35.7 Å². The number of aliphatic hydroxyl groups excluding tert-OH is 1. The highest BCUT2D eigenvalue weighted by Crippen LogP contribution is 2.30. The minimum absolute atomic E-state index is 0.125. The van der Waals surface area contributed by atoms with Crippen molar-refractivity contribution in [2.24, 2.45) is 0 Å². The lowest BCUT2D eigenvalue weighted by Gasteiger charge is -2.20. The maximum absolute atomic E-state index is 12.6. The summed E-state index contributed by atoms with van der Waals surface area (Å²) in [5, 5.41) is 13.6. The molecule has 1 aromatic carbocycles. The number of nitrogens with one attached hydrogen (secondary N) is 1. The van der Waals surface area contributed by atoms with Crippen LogP contribution in [0.5, 0.6) is 0 Å². The third-order valence-electron chi connectivity index (χ3n) is 4.32. The summed E-state index contributed by atoms with van der Waals surface area (Å²) < 4.78 is 66.0. The number of hydrogen-bond donors (Lipinski definition) is 2. The Labute approximate surface area is 147 Å². The van der Waals surface area contributed by atoms with E-state index in [1.807, 2.05) is 0 Å². The van der Waals surface area contributed by atoms with Crippen LogP contribution >= 0.6 is 0 Å². The normalized spacial score (nSPS) is 23.9. The number of halogens is 3. The van der Waals surface area contributed by atoms with Gasteiger partial charge in [0.15, 0.2) is 16.4 Å². The minimum Gasteiger partial charge on any atom is -0.386 e. The second kappa shape index (κ2) is 6.63. The summed E-state index contributed by atoms with van der Waals surface area (Å²) in [5.74, 6) is -0.0507. The van der Waals surface area contributed by atoms with Gasteiger partial charge in [-0.2, -0.15) is 18.2 Å². The van der Waals surface area contributed by atoms with Crippen LogP contribution in [0.15, 0.2) is 28.8 Å². The van der Waals surface area contributed by atoms with Gasteiger partial charge in [-0.15, -0.1) is 0 Å². The zero-order chi connectivity index (χ0) is 19.1. The van der Waals surface area contributed by atoms with E-state index in [1.54, 1.807) is 7.05 Å². The zero-order valence-corrected chi connectivity index (χ0v) is 14.5. The van der Waals surface area contributed by atoms with E-state index in [1.165, 1.54) is 12.1 Å². The maximum Gasteiger partial charge on any atom is 0.416 e. The second-order valence-electron chi connectivity index (χ2n) is 6.36. The van der Waals surface area contributed by atoms with Crippen molar-refractivity contribution >= 4 is 9.84 Å². The number of likely N-dealkylation sites (N-methyl/N-ethyl adjacent to an activating group) is 1. The van der Waals surface area contributed by atoms with Gasteiger partial charge in [-0.05, 0) is 12.1 Å². The molecule has 0 aliphatic carbocycles. The summed E-state index contributed by atoms with van der Waals surface area (Å²) in [7, 11) is -1.56. The predicted molar refractivity (Wildman–Crippen MR) is 83.8 cm³/mol. The zero-order valence-electron chi connectivity index (χ0n) is 13.7. The number of hydrogen-bond acceptors (Lipinski definition) is 6. The molecule has 1 fully saturated rings. The average Bonchev–Trinajstić information content (AvgIpc) is 3.10. The molecule has 1 unspecified atom stereocenters. The molecular weight excluding hydrogens is 375 g/mol. The molecule has 2 N–H and O–H groups in total. The molecule has 1 saturated heterocycles. The quantitative estimate of drug-likeness (QED) is 0.756. The molecule has 3 atom stereocenters. The van der Waals surface area contributed by atoms with E-state index in [-0.39, 0.29) is 29.8 Å². The summed E-state index contributed by atoms with van der Waals surface area (Å²) in [5.41, 5.74) is -0.403. The second-order valence-corrected chi connectivity index (χ2v) is 8.51. The van der Waals surface area contributed by atoms with Gasteiger partial charge >= 0.3 is 6.18 Å². The van der Waals surface area contributed by atoms with Crippen LogP contribution < -0.4 is 4.90 Å². The lowest BCUT2D eigenvalue weighted by atomic mass is 10.1. The van der Waals surface area contributed by atoms with Crippen LogP contribution in [0.1, 0.15) is 11.5 Å². The van der Waals surface area contributed by atoms with Crippen LogP contribution in [0, 0.1) is 0 Å². The molecule has 0 bridgehead atoms. The fourth-order valence-electron chi connectivity index (χ4n) is 2.92. The largest absolute Gasteiger partial charge is 0.416 e. The summed E-state index contributed by atoms with van der Waals surface area (Å²) in [6.07, 6.45) is -5.38. The van der Waals surface area contributed by atoms with Crippen molar-refractivity contribution in [2.75, 3.05) is 18.6 Å². The SMILES string of the molecule is C[NH+](Cc1nc(-c2ccc(C(F)(F)F)cc2)no1)[C@H]1CS(=O)(=O)C[C@@H]1O. The molecule has 3 rings (SSSR count). The van der Waals surface area contributed by atoms with Crippen LogP contribution in [-0.4, -0.2) is 54.4 Å². The van der Waals surface area contributed by atoms with Gasteiger partial charge in [-0.3, -0.25) is 0 Å². The molecule has 0 saturated carbocycles. The number of benzene rings is 1. The Hall–Kier alpha value is -1.98. The molecule has 1 aromatic heterocycles. The maximum atomic E-state index is 12.6. The molecule has 0 spiro atoms. The summed E-state index contributed by atoms with van der Waals surface area (Å²) >= 11 is 0. The number of aromatic nitrogens is 2. The van der Waals surface area contributed by atoms with Crippen LogP contribution in [0.2, 0.25) is 0 Å². The summed E-state index contributed by atoms with van der Waals surface area (Å²) in [4.78, 5) is 4.83. The molecule has 0 radical (unpaired) electrons. The average molecular weight is 392 g/mol. The summed E-state index contributed by atoms with van der Waals surface area (Å²) in [6.45, 7) is 0.185. The third kappa shape index (κ3) is 4.05. The number of quaternary nitrogens is 1. The fraction of sp³-hybridized carbons (Fsp3) is 0.467. The van der Waals surface area contributed by atoms with E-state index in [2.05, 4.69) is 10.1 Å². The smallest absolute Gasteiger partial charge is 0.386 e. The van der Waals surface area contributed by atoms with Gasteiger partial charge in [0.1, 0.15) is 17.9 Å². The molecule has 2 aromatic rings. The van der Waals surface area contributed by atoms with E-state index in [4.69, 9.17) is 4.52 Å². The Morgan fingerprint density at radius 3 is 2.46 bits per heavy atom. The van der Waals surface area contributed by atoms with Gasteiger partial charge in [0.25, 0.3) is 5.89 Å². The van der Waals surface area contributed by atoms with Crippen LogP contribution in [0.25, 0.3) is 11.4 Å². The van der Waals surface area contributed by atoms with Crippen molar-refractivity contribution in [1.82, 2.24) is 10.1 Å². The molecular formula is C15H17F3N3O4S+. The van der Waals surface area contributed by atoms with E-state index in [9.17, 15) is 26.7 Å². The number of rotatable bonds is 4. The predicted octanol–water partition coefficient (Wildman–Crippen LogP) is -0.0720. The van der Waals surface area contributed by atoms with E-state index in [0.29, 0.717) is 10.5 Å². The van der Waals surface area contributed by atoms with Gasteiger partial charge in [0.05, 0.1) is 18.4 Å². The highest BCUT2D eigenvalue weighted by Gasteiger charge is 2.42. The Kier molecular flexibility index (Phi) is 4.80. The van der Waals surface area contributed by atoms with Crippen LogP contribution in [-0.2, 0) is 22.6 Å². The molecule has 11 heteroatoms. The Balaban J connectivity index is 1.70. The van der Waals surface area contributed by atoms with Gasteiger partial charge < -0.3 is 14.5 Å². The van der Waals surface area contributed by atoms with Gasteiger partial charge in [0, 0.05) is 5.56 Å². The van der Waals surface area contributed by atoms with Crippen LogP contribution in [0.4, 0.5) is 13.2 Å². The first-order chi connectivity index (χ1) is 12.0. The lowest BCUT2D eigenvalue weighted by molar-refractivity contribution is -0.920. The molecule has 2 heterocycles. The van der Waals surface area contributed by atoms with E-state index < -0.39 is 33.7 Å². The molecule has 1 aliphatic heterocycles. The molecule has 1 aliphatic rings. The molecule has 0 amide bonds.